The normalized spacial score (nSPS) is 14.3. The average molecular weight is 359 g/mol. The third kappa shape index (κ3) is 2.47. The standard InChI is InChI=1S/C17H15F2N5O2/c1-22-15-13(24(16(22)25)17(26)23-6-2-3-7-23)9-20-14(21-15)11-8-10(18)4-5-12(11)19/h4-5,8-9H,2-3,6-7H2,1H3. The van der Waals surface area contributed by atoms with Gasteiger partial charge < -0.3 is 4.90 Å². The minimum absolute atomic E-state index is 0.0594. The molecule has 2 aromatic heterocycles. The molecule has 1 aliphatic heterocycles. The molecule has 1 aromatic carbocycles. The van der Waals surface area contributed by atoms with Gasteiger partial charge in [0.2, 0.25) is 0 Å². The first-order chi connectivity index (χ1) is 12.5. The first-order valence-electron chi connectivity index (χ1n) is 8.16. The molecular weight excluding hydrogens is 344 g/mol. The molecule has 1 saturated heterocycles. The number of hydrogen-bond donors (Lipinski definition) is 0. The van der Waals surface area contributed by atoms with Gasteiger partial charge in [0.1, 0.15) is 17.2 Å². The fourth-order valence-electron chi connectivity index (χ4n) is 3.15. The van der Waals surface area contributed by atoms with E-state index in [9.17, 15) is 18.4 Å². The molecule has 3 heterocycles. The van der Waals surface area contributed by atoms with E-state index in [1.807, 2.05) is 0 Å². The van der Waals surface area contributed by atoms with Gasteiger partial charge in [-0.05, 0) is 31.0 Å². The van der Waals surface area contributed by atoms with E-state index >= 15 is 0 Å². The fraction of sp³-hybridized carbons (Fsp3) is 0.294. The summed E-state index contributed by atoms with van der Waals surface area (Å²) < 4.78 is 29.7. The smallest absolute Gasteiger partial charge is 0.324 e. The van der Waals surface area contributed by atoms with E-state index in [4.69, 9.17) is 0 Å². The Labute approximate surface area is 146 Å². The SMILES string of the molecule is Cn1c(=O)n(C(=O)N2CCCC2)c2cnc(-c3cc(F)ccc3F)nc21. The quantitative estimate of drug-likeness (QED) is 0.667. The van der Waals surface area contributed by atoms with E-state index in [-0.39, 0.29) is 22.6 Å². The van der Waals surface area contributed by atoms with E-state index in [0.717, 1.165) is 35.6 Å². The molecule has 0 atom stereocenters. The first kappa shape index (κ1) is 16.4. The Kier molecular flexibility index (Phi) is 3.78. The lowest BCUT2D eigenvalue weighted by molar-refractivity contribution is 0.210. The monoisotopic (exact) mass is 359 g/mol. The summed E-state index contributed by atoms with van der Waals surface area (Å²) in [5, 5.41) is 0. The lowest BCUT2D eigenvalue weighted by Gasteiger charge is -2.14. The molecule has 0 unspecified atom stereocenters. The average Bonchev–Trinajstić information content (AvgIpc) is 3.25. The van der Waals surface area contributed by atoms with Crippen molar-refractivity contribution in [1.82, 2.24) is 24.0 Å². The maximum Gasteiger partial charge on any atom is 0.338 e. The molecule has 1 aliphatic rings. The van der Waals surface area contributed by atoms with Crippen molar-refractivity contribution in [3.8, 4) is 11.4 Å². The summed E-state index contributed by atoms with van der Waals surface area (Å²) in [5.41, 5.74) is -0.257. The molecule has 26 heavy (non-hydrogen) atoms. The molecule has 1 amide bonds. The van der Waals surface area contributed by atoms with Gasteiger partial charge in [-0.2, -0.15) is 0 Å². The molecule has 1 fully saturated rings. The summed E-state index contributed by atoms with van der Waals surface area (Å²) in [7, 11) is 1.47. The van der Waals surface area contributed by atoms with Gasteiger partial charge >= 0.3 is 11.7 Å². The second kappa shape index (κ2) is 6.01. The minimum Gasteiger partial charge on any atom is -0.324 e. The summed E-state index contributed by atoms with van der Waals surface area (Å²) in [5.74, 6) is -1.36. The molecule has 0 radical (unpaired) electrons. The predicted octanol–water partition coefficient (Wildman–Crippen LogP) is 2.14. The van der Waals surface area contributed by atoms with Crippen LogP contribution in [0.5, 0.6) is 0 Å². The van der Waals surface area contributed by atoms with Crippen molar-refractivity contribution < 1.29 is 13.6 Å². The maximum absolute atomic E-state index is 14.0. The molecule has 9 heteroatoms. The molecule has 4 rings (SSSR count). The van der Waals surface area contributed by atoms with Crippen LogP contribution in [-0.2, 0) is 7.05 Å². The number of rotatable bonds is 1. The van der Waals surface area contributed by atoms with Crippen molar-refractivity contribution >= 4 is 17.2 Å². The summed E-state index contributed by atoms with van der Waals surface area (Å²) >= 11 is 0. The third-order valence-corrected chi connectivity index (χ3v) is 4.52. The number of hydrogen-bond acceptors (Lipinski definition) is 4. The molecule has 0 spiro atoms. The van der Waals surface area contributed by atoms with Crippen LogP contribution in [0, 0.1) is 11.6 Å². The number of amides is 1. The van der Waals surface area contributed by atoms with Crippen molar-refractivity contribution in [2.75, 3.05) is 13.1 Å². The Morgan fingerprint density at radius 3 is 2.65 bits per heavy atom. The van der Waals surface area contributed by atoms with Crippen molar-refractivity contribution in [3.05, 3.63) is 46.5 Å². The number of imidazole rings is 1. The lowest BCUT2D eigenvalue weighted by atomic mass is 10.2. The van der Waals surface area contributed by atoms with Crippen LogP contribution in [0.4, 0.5) is 13.6 Å². The summed E-state index contributed by atoms with van der Waals surface area (Å²) in [6, 6.07) is 2.55. The van der Waals surface area contributed by atoms with Crippen LogP contribution >= 0.6 is 0 Å². The minimum atomic E-state index is -0.677. The Bertz CT molecular complexity index is 1080. The van der Waals surface area contributed by atoms with Gasteiger partial charge in [0.05, 0.1) is 11.8 Å². The van der Waals surface area contributed by atoms with E-state index in [2.05, 4.69) is 9.97 Å². The number of benzene rings is 1. The third-order valence-electron chi connectivity index (χ3n) is 4.52. The maximum atomic E-state index is 14.0. The molecule has 0 bridgehead atoms. The molecule has 3 aromatic rings. The van der Waals surface area contributed by atoms with Crippen LogP contribution in [0.3, 0.4) is 0 Å². The van der Waals surface area contributed by atoms with Gasteiger partial charge in [0, 0.05) is 20.1 Å². The highest BCUT2D eigenvalue weighted by Gasteiger charge is 2.25. The van der Waals surface area contributed by atoms with E-state index in [1.165, 1.54) is 17.8 Å². The lowest BCUT2D eigenvalue weighted by Crippen LogP contribution is -2.38. The zero-order chi connectivity index (χ0) is 18.4. The number of aromatic nitrogens is 4. The highest BCUT2D eigenvalue weighted by atomic mass is 19.1. The number of nitrogens with zero attached hydrogens (tertiary/aromatic N) is 5. The van der Waals surface area contributed by atoms with E-state index in [1.54, 1.807) is 4.90 Å². The van der Waals surface area contributed by atoms with Crippen LogP contribution in [0.2, 0.25) is 0 Å². The molecule has 134 valence electrons. The van der Waals surface area contributed by atoms with Crippen molar-refractivity contribution in [3.63, 3.8) is 0 Å². The highest BCUT2D eigenvalue weighted by molar-refractivity contribution is 5.88. The second-order valence-corrected chi connectivity index (χ2v) is 6.18. The van der Waals surface area contributed by atoms with Crippen LogP contribution in [-0.4, -0.2) is 43.1 Å². The summed E-state index contributed by atoms with van der Waals surface area (Å²) in [6.07, 6.45) is 3.08. The number of carbonyl (C=O) groups is 1. The largest absolute Gasteiger partial charge is 0.338 e. The summed E-state index contributed by atoms with van der Waals surface area (Å²) in [4.78, 5) is 35.0. The summed E-state index contributed by atoms with van der Waals surface area (Å²) in [6.45, 7) is 1.18. The van der Waals surface area contributed by atoms with Crippen molar-refractivity contribution in [2.45, 2.75) is 12.8 Å². The number of likely N-dealkylation sites (tertiary alicyclic amines) is 1. The highest BCUT2D eigenvalue weighted by Crippen LogP contribution is 2.22. The number of aryl methyl sites for hydroxylation is 1. The Morgan fingerprint density at radius 2 is 1.92 bits per heavy atom. The van der Waals surface area contributed by atoms with Gasteiger partial charge in [-0.25, -0.2) is 32.9 Å². The first-order valence-corrected chi connectivity index (χ1v) is 8.16. The van der Waals surface area contributed by atoms with Gasteiger partial charge in [0.15, 0.2) is 11.5 Å². The van der Waals surface area contributed by atoms with Crippen molar-refractivity contribution in [2.24, 2.45) is 7.05 Å². The van der Waals surface area contributed by atoms with E-state index < -0.39 is 23.4 Å². The Morgan fingerprint density at radius 1 is 1.19 bits per heavy atom. The Balaban J connectivity index is 1.88. The van der Waals surface area contributed by atoms with Crippen molar-refractivity contribution in [1.29, 1.82) is 0 Å². The van der Waals surface area contributed by atoms with Gasteiger partial charge in [-0.3, -0.25) is 4.57 Å². The van der Waals surface area contributed by atoms with Crippen LogP contribution in [0.15, 0.2) is 29.2 Å². The predicted molar refractivity (Wildman–Crippen MR) is 89.7 cm³/mol. The van der Waals surface area contributed by atoms with Crippen LogP contribution in [0.25, 0.3) is 22.6 Å². The molecule has 0 saturated carbocycles. The van der Waals surface area contributed by atoms with E-state index in [0.29, 0.717) is 13.1 Å². The second-order valence-electron chi connectivity index (χ2n) is 6.18. The Hall–Kier alpha value is -3.10. The number of fused-ring (bicyclic) bond motifs is 1. The molecular formula is C17H15F2N5O2. The zero-order valence-electron chi connectivity index (χ0n) is 13.9. The van der Waals surface area contributed by atoms with Gasteiger partial charge in [-0.1, -0.05) is 0 Å². The van der Waals surface area contributed by atoms with Gasteiger partial charge in [-0.15, -0.1) is 0 Å². The zero-order valence-corrected chi connectivity index (χ0v) is 13.9. The molecule has 0 N–H and O–H groups in total. The molecule has 7 nitrogen and oxygen atoms in total. The van der Waals surface area contributed by atoms with Gasteiger partial charge in [0.25, 0.3) is 0 Å². The molecule has 0 aliphatic carbocycles. The van der Waals surface area contributed by atoms with Crippen LogP contribution < -0.4 is 5.69 Å². The fourth-order valence-corrected chi connectivity index (χ4v) is 3.15. The number of halogens is 2. The number of carbonyl (C=O) groups excluding carboxylic acids is 1. The van der Waals surface area contributed by atoms with Crippen LogP contribution in [0.1, 0.15) is 12.8 Å². The topological polar surface area (TPSA) is 73.0 Å².